The van der Waals surface area contributed by atoms with Crippen molar-refractivity contribution < 1.29 is 13.9 Å². The Hall–Kier alpha value is 0.110. The van der Waals surface area contributed by atoms with Crippen LogP contribution in [0.3, 0.4) is 0 Å². The Bertz CT molecular complexity index is 255. The first kappa shape index (κ1) is 16.1. The van der Waals surface area contributed by atoms with Crippen molar-refractivity contribution >= 4 is 7.37 Å². The molecule has 16 heavy (non-hydrogen) atoms. The highest BCUT2D eigenvalue weighted by Gasteiger charge is 2.33. The first-order chi connectivity index (χ1) is 6.93. The lowest BCUT2D eigenvalue weighted by molar-refractivity contribution is -0.897. The Morgan fingerprint density at radius 1 is 1.31 bits per heavy atom. The molecule has 0 aliphatic heterocycles. The third-order valence-corrected chi connectivity index (χ3v) is 3.85. The first-order valence-electron chi connectivity index (χ1n) is 5.79. The van der Waals surface area contributed by atoms with Gasteiger partial charge in [-0.15, -0.1) is 0 Å². The van der Waals surface area contributed by atoms with Gasteiger partial charge in [-0.25, -0.2) is 0 Å². The van der Waals surface area contributed by atoms with Crippen LogP contribution in [0.4, 0.5) is 0 Å². The van der Waals surface area contributed by atoms with Crippen molar-refractivity contribution in [3.05, 3.63) is 0 Å². The molecule has 0 aliphatic carbocycles. The minimum absolute atomic E-state index is 0.208. The topological polar surface area (TPSA) is 63.3 Å². The maximum absolute atomic E-state index is 11.4. The standard InChI is InChI=1S/C11H27N2O2P/c1-9(2)7-11(13(3,4)5)10(12)8-16(6,14)15/h9-11H,7-8,12H2,1-6H3/p+1/t10-,11?/m0/s1. The van der Waals surface area contributed by atoms with Crippen LogP contribution >= 0.6 is 7.37 Å². The largest absolute Gasteiger partial charge is 0.344 e. The SMILES string of the molecule is CC(C)CC([C@@H](N)CP(C)(=O)O)[N+](C)(C)C. The number of nitrogens with zero attached hydrogens (tertiary/aromatic N) is 1. The summed E-state index contributed by atoms with van der Waals surface area (Å²) in [6.45, 7) is 5.69. The molecule has 0 fully saturated rings. The second kappa shape index (κ2) is 5.63. The molecule has 0 bridgehead atoms. The molecular formula is C11H28N2O2P+. The van der Waals surface area contributed by atoms with E-state index in [0.717, 1.165) is 10.9 Å². The fourth-order valence-electron chi connectivity index (χ4n) is 2.06. The number of quaternary nitrogens is 1. The lowest BCUT2D eigenvalue weighted by atomic mass is 9.96. The Kier molecular flexibility index (Phi) is 5.67. The summed E-state index contributed by atoms with van der Waals surface area (Å²) in [5.41, 5.74) is 6.09. The lowest BCUT2D eigenvalue weighted by Crippen LogP contribution is -2.56. The zero-order valence-electron chi connectivity index (χ0n) is 11.5. The second-order valence-corrected chi connectivity index (χ2v) is 8.68. The normalized spacial score (nSPS) is 20.6. The quantitative estimate of drug-likeness (QED) is 0.553. The highest BCUT2D eigenvalue weighted by molar-refractivity contribution is 7.57. The van der Waals surface area contributed by atoms with Gasteiger partial charge in [-0.2, -0.15) is 0 Å². The molecule has 0 aromatic heterocycles. The van der Waals surface area contributed by atoms with Crippen molar-refractivity contribution in [1.82, 2.24) is 0 Å². The fraction of sp³-hybridized carbons (Fsp3) is 1.00. The summed E-state index contributed by atoms with van der Waals surface area (Å²) in [5.74, 6) is 0.545. The van der Waals surface area contributed by atoms with E-state index in [4.69, 9.17) is 5.73 Å². The molecule has 3 N–H and O–H groups in total. The Morgan fingerprint density at radius 3 is 2.00 bits per heavy atom. The fourth-order valence-corrected chi connectivity index (χ4v) is 3.09. The monoisotopic (exact) mass is 251 g/mol. The number of hydrogen-bond donors (Lipinski definition) is 2. The highest BCUT2D eigenvalue weighted by Crippen LogP contribution is 2.37. The molecule has 2 unspecified atom stereocenters. The molecular weight excluding hydrogens is 223 g/mol. The van der Waals surface area contributed by atoms with E-state index in [1.165, 1.54) is 6.66 Å². The van der Waals surface area contributed by atoms with Crippen molar-refractivity contribution in [2.75, 3.05) is 34.0 Å². The van der Waals surface area contributed by atoms with Crippen LogP contribution in [0.25, 0.3) is 0 Å². The Balaban J connectivity index is 4.70. The van der Waals surface area contributed by atoms with E-state index < -0.39 is 7.37 Å². The van der Waals surface area contributed by atoms with E-state index in [1.807, 2.05) is 0 Å². The van der Waals surface area contributed by atoms with E-state index in [9.17, 15) is 9.46 Å². The van der Waals surface area contributed by atoms with Gasteiger partial charge in [0.25, 0.3) is 0 Å². The van der Waals surface area contributed by atoms with Gasteiger partial charge >= 0.3 is 0 Å². The summed E-state index contributed by atoms with van der Waals surface area (Å²) in [7, 11) is 3.24. The van der Waals surface area contributed by atoms with Crippen LogP contribution in [-0.2, 0) is 4.57 Å². The van der Waals surface area contributed by atoms with E-state index in [0.29, 0.717) is 5.92 Å². The van der Waals surface area contributed by atoms with Crippen LogP contribution in [0.2, 0.25) is 0 Å². The predicted molar refractivity (Wildman–Crippen MR) is 69.9 cm³/mol. The van der Waals surface area contributed by atoms with Crippen LogP contribution in [-0.4, -0.2) is 55.4 Å². The summed E-state index contributed by atoms with van der Waals surface area (Å²) in [6.07, 6.45) is 1.19. The average Bonchev–Trinajstić information content (AvgIpc) is 1.93. The molecule has 4 nitrogen and oxygen atoms in total. The summed E-state index contributed by atoms with van der Waals surface area (Å²) < 4.78 is 12.1. The summed E-state index contributed by atoms with van der Waals surface area (Å²) in [4.78, 5) is 9.41. The van der Waals surface area contributed by atoms with Gasteiger partial charge in [0.2, 0.25) is 0 Å². The highest BCUT2D eigenvalue weighted by atomic mass is 31.2. The van der Waals surface area contributed by atoms with Crippen LogP contribution in [0, 0.1) is 5.92 Å². The molecule has 0 saturated heterocycles. The molecule has 98 valence electrons. The number of hydrogen-bond acceptors (Lipinski definition) is 2. The van der Waals surface area contributed by atoms with Crippen molar-refractivity contribution in [2.24, 2.45) is 11.7 Å². The summed E-state index contributed by atoms with van der Waals surface area (Å²) >= 11 is 0. The van der Waals surface area contributed by atoms with E-state index >= 15 is 0 Å². The molecule has 0 aromatic carbocycles. The van der Waals surface area contributed by atoms with Crippen molar-refractivity contribution in [3.63, 3.8) is 0 Å². The predicted octanol–water partition coefficient (Wildman–Crippen LogP) is 1.33. The van der Waals surface area contributed by atoms with Gasteiger partial charge in [-0.05, 0) is 5.92 Å². The van der Waals surface area contributed by atoms with Crippen molar-refractivity contribution in [1.29, 1.82) is 0 Å². The summed E-state index contributed by atoms with van der Waals surface area (Å²) in [5, 5.41) is 0. The minimum atomic E-state index is -3.02. The lowest BCUT2D eigenvalue weighted by Gasteiger charge is -2.39. The maximum Gasteiger partial charge on any atom is 0.199 e. The van der Waals surface area contributed by atoms with Crippen LogP contribution in [0.5, 0.6) is 0 Å². The molecule has 0 amide bonds. The first-order valence-corrected chi connectivity index (χ1v) is 8.08. The van der Waals surface area contributed by atoms with Crippen LogP contribution in [0.15, 0.2) is 0 Å². The molecule has 3 atom stereocenters. The molecule has 0 spiro atoms. The maximum atomic E-state index is 11.4. The third kappa shape index (κ3) is 6.64. The number of nitrogens with two attached hydrogens (primary N) is 1. The third-order valence-electron chi connectivity index (χ3n) is 2.75. The van der Waals surface area contributed by atoms with Crippen molar-refractivity contribution in [2.45, 2.75) is 32.4 Å². The average molecular weight is 251 g/mol. The van der Waals surface area contributed by atoms with Gasteiger partial charge in [-0.1, -0.05) is 13.8 Å². The molecule has 0 radical (unpaired) electrons. The van der Waals surface area contributed by atoms with Gasteiger partial charge in [0.1, 0.15) is 6.04 Å². The molecule has 0 aliphatic rings. The van der Waals surface area contributed by atoms with Gasteiger partial charge in [0.15, 0.2) is 7.37 Å². The van der Waals surface area contributed by atoms with E-state index in [-0.39, 0.29) is 18.2 Å². The van der Waals surface area contributed by atoms with Gasteiger partial charge in [0, 0.05) is 19.2 Å². The van der Waals surface area contributed by atoms with Gasteiger partial charge < -0.3 is 15.1 Å². The van der Waals surface area contributed by atoms with E-state index in [2.05, 4.69) is 35.0 Å². The van der Waals surface area contributed by atoms with Crippen LogP contribution in [0.1, 0.15) is 20.3 Å². The number of rotatable bonds is 6. The van der Waals surface area contributed by atoms with Gasteiger partial charge in [0.05, 0.1) is 27.2 Å². The molecule has 0 rings (SSSR count). The Labute approximate surface area is 99.9 Å². The van der Waals surface area contributed by atoms with Gasteiger partial charge in [-0.3, -0.25) is 4.57 Å². The molecule has 0 heterocycles. The zero-order chi connectivity index (χ0) is 13.1. The molecule has 5 heteroatoms. The zero-order valence-corrected chi connectivity index (χ0v) is 12.4. The molecule has 0 saturated carbocycles. The van der Waals surface area contributed by atoms with Crippen LogP contribution < -0.4 is 5.73 Å². The minimum Gasteiger partial charge on any atom is -0.344 e. The second-order valence-electron chi connectivity index (χ2n) is 6.21. The van der Waals surface area contributed by atoms with E-state index in [1.54, 1.807) is 0 Å². The number of likely N-dealkylation sites (N-methyl/N-ethyl adjacent to an activating group) is 1. The summed E-state index contributed by atoms with van der Waals surface area (Å²) in [6, 6.07) is 0.00339. The van der Waals surface area contributed by atoms with Crippen molar-refractivity contribution in [3.8, 4) is 0 Å². The molecule has 0 aromatic rings. The Morgan fingerprint density at radius 2 is 1.75 bits per heavy atom. The smallest absolute Gasteiger partial charge is 0.199 e.